The molecule has 20 heavy (non-hydrogen) atoms. The number of thioether (sulfide) groups is 1. The Labute approximate surface area is 122 Å². The zero-order chi connectivity index (χ0) is 13.9. The van der Waals surface area contributed by atoms with E-state index in [0.29, 0.717) is 0 Å². The van der Waals surface area contributed by atoms with Gasteiger partial charge in [0.1, 0.15) is 0 Å². The van der Waals surface area contributed by atoms with Crippen LogP contribution < -0.4 is 5.43 Å². The largest absolute Gasteiger partial charge is 0.350 e. The maximum atomic E-state index is 4.61. The van der Waals surface area contributed by atoms with Gasteiger partial charge >= 0.3 is 0 Å². The van der Waals surface area contributed by atoms with Gasteiger partial charge in [-0.2, -0.15) is 5.10 Å². The number of rotatable bonds is 2. The molecule has 2 aromatic rings. The van der Waals surface area contributed by atoms with E-state index in [9.17, 15) is 0 Å². The normalized spacial score (nSPS) is 16.9. The maximum Gasteiger partial charge on any atom is 0.182 e. The molecule has 102 valence electrons. The van der Waals surface area contributed by atoms with Crippen LogP contribution in [0.15, 0.2) is 52.7 Å². The van der Waals surface area contributed by atoms with Crippen LogP contribution in [0.4, 0.5) is 5.69 Å². The van der Waals surface area contributed by atoms with Crippen LogP contribution in [0.3, 0.4) is 0 Å². The second-order valence-corrected chi connectivity index (χ2v) is 5.63. The second-order valence-electron chi connectivity index (χ2n) is 4.67. The van der Waals surface area contributed by atoms with Crippen molar-refractivity contribution in [3.63, 3.8) is 0 Å². The molecule has 1 aliphatic heterocycles. The lowest BCUT2D eigenvalue weighted by molar-refractivity contribution is 0.906. The summed E-state index contributed by atoms with van der Waals surface area (Å²) in [6, 6.07) is 12.2. The van der Waals surface area contributed by atoms with E-state index >= 15 is 0 Å². The Bertz CT molecular complexity index is 685. The number of aromatic nitrogens is 1. The van der Waals surface area contributed by atoms with Crippen LogP contribution in [-0.2, 0) is 7.05 Å². The zero-order valence-electron chi connectivity index (χ0n) is 11.5. The minimum Gasteiger partial charge on any atom is -0.350 e. The number of hydrogen-bond acceptors (Lipinski definition) is 3. The third kappa shape index (κ3) is 2.63. The van der Waals surface area contributed by atoms with Crippen molar-refractivity contribution in [1.29, 1.82) is 0 Å². The monoisotopic (exact) mass is 284 g/mol. The summed E-state index contributed by atoms with van der Waals surface area (Å²) in [6.07, 6.45) is 2.03. The molecule has 0 spiro atoms. The van der Waals surface area contributed by atoms with Crippen LogP contribution in [0.2, 0.25) is 0 Å². The molecule has 0 atom stereocenters. The van der Waals surface area contributed by atoms with Gasteiger partial charge in [0.2, 0.25) is 0 Å². The number of aryl methyl sites for hydroxylation is 2. The van der Waals surface area contributed by atoms with Crippen molar-refractivity contribution in [3.05, 3.63) is 53.9 Å². The molecular weight excluding hydrogens is 268 g/mol. The van der Waals surface area contributed by atoms with E-state index in [-0.39, 0.29) is 0 Å². The molecule has 1 aromatic carbocycles. The Balaban J connectivity index is 1.80. The molecule has 0 bridgehead atoms. The summed E-state index contributed by atoms with van der Waals surface area (Å²) in [7, 11) is 2.03. The smallest absolute Gasteiger partial charge is 0.182 e. The Morgan fingerprint density at radius 2 is 2.10 bits per heavy atom. The fourth-order valence-corrected chi connectivity index (χ4v) is 2.82. The highest BCUT2D eigenvalue weighted by Crippen LogP contribution is 2.21. The average molecular weight is 284 g/mol. The summed E-state index contributed by atoms with van der Waals surface area (Å²) in [6.45, 7) is 2.06. The predicted molar refractivity (Wildman–Crippen MR) is 85.8 cm³/mol. The quantitative estimate of drug-likeness (QED) is 0.921. The Kier molecular flexibility index (Phi) is 3.60. The molecule has 2 heterocycles. The molecule has 1 N–H and O–H groups in total. The highest BCUT2D eigenvalue weighted by atomic mass is 32.2. The Morgan fingerprint density at radius 3 is 2.75 bits per heavy atom. The minimum absolute atomic E-state index is 0.829. The molecule has 0 aliphatic carbocycles. The summed E-state index contributed by atoms with van der Waals surface area (Å²) in [5.41, 5.74) is 7.39. The highest BCUT2D eigenvalue weighted by Gasteiger charge is 2.15. The van der Waals surface area contributed by atoms with Gasteiger partial charge in [-0.25, -0.2) is 4.99 Å². The number of nitrogens with zero attached hydrogens (tertiary/aromatic N) is 3. The van der Waals surface area contributed by atoms with Crippen LogP contribution in [0.25, 0.3) is 0 Å². The summed E-state index contributed by atoms with van der Waals surface area (Å²) in [4.78, 5) is 4.61. The lowest BCUT2D eigenvalue weighted by Gasteiger charge is -2.15. The van der Waals surface area contributed by atoms with Crippen molar-refractivity contribution in [2.75, 3.05) is 5.75 Å². The zero-order valence-corrected chi connectivity index (χ0v) is 12.3. The first-order valence-electron chi connectivity index (χ1n) is 6.45. The van der Waals surface area contributed by atoms with Gasteiger partial charge in [0.25, 0.3) is 0 Å². The van der Waals surface area contributed by atoms with Crippen molar-refractivity contribution < 1.29 is 0 Å². The molecule has 0 radical (unpaired) electrons. The summed E-state index contributed by atoms with van der Waals surface area (Å²) in [5.74, 6) is 0.829. The second kappa shape index (κ2) is 5.54. The van der Waals surface area contributed by atoms with Crippen molar-refractivity contribution in [3.8, 4) is 0 Å². The summed E-state index contributed by atoms with van der Waals surface area (Å²) >= 11 is 1.68. The van der Waals surface area contributed by atoms with Crippen LogP contribution in [-0.4, -0.2) is 21.2 Å². The third-order valence-corrected chi connectivity index (χ3v) is 4.08. The van der Waals surface area contributed by atoms with E-state index in [4.69, 9.17) is 0 Å². The van der Waals surface area contributed by atoms with Gasteiger partial charge in [-0.3, -0.25) is 5.43 Å². The standard InChI is InChI=1S/C15H16N4S/c1-11-6-3-4-7-12(11)16-15-18-17-13(10-20-15)14-8-5-9-19(14)2/h3-9H,10H2,1-2H3,(H,16,18). The molecule has 0 saturated carbocycles. The van der Waals surface area contributed by atoms with E-state index < -0.39 is 0 Å². The number of amidine groups is 1. The number of hydrazone groups is 1. The molecule has 0 unspecified atom stereocenters. The first-order valence-corrected chi connectivity index (χ1v) is 7.44. The summed E-state index contributed by atoms with van der Waals surface area (Å²) < 4.78 is 2.07. The Morgan fingerprint density at radius 1 is 1.25 bits per heavy atom. The van der Waals surface area contributed by atoms with Crippen molar-refractivity contribution in [2.45, 2.75) is 6.92 Å². The van der Waals surface area contributed by atoms with Crippen LogP contribution in [0.1, 0.15) is 11.3 Å². The predicted octanol–water partition coefficient (Wildman–Crippen LogP) is 3.06. The lowest BCUT2D eigenvalue weighted by Crippen LogP contribution is -2.26. The molecule has 4 nitrogen and oxygen atoms in total. The number of hydrogen-bond donors (Lipinski definition) is 1. The van der Waals surface area contributed by atoms with Gasteiger partial charge in [0, 0.05) is 19.0 Å². The van der Waals surface area contributed by atoms with Crippen LogP contribution in [0, 0.1) is 6.92 Å². The molecule has 0 saturated heterocycles. The Hall–Kier alpha value is -2.01. The molecule has 0 fully saturated rings. The van der Waals surface area contributed by atoms with Gasteiger partial charge in [0.15, 0.2) is 5.17 Å². The molecule has 1 aromatic heterocycles. The van der Waals surface area contributed by atoms with E-state index in [1.807, 2.05) is 37.5 Å². The van der Waals surface area contributed by atoms with E-state index in [0.717, 1.165) is 28.0 Å². The minimum atomic E-state index is 0.829. The topological polar surface area (TPSA) is 41.7 Å². The van der Waals surface area contributed by atoms with Crippen LogP contribution in [0.5, 0.6) is 0 Å². The third-order valence-electron chi connectivity index (χ3n) is 3.21. The summed E-state index contributed by atoms with van der Waals surface area (Å²) in [5, 5.41) is 5.28. The SMILES string of the molecule is Cc1ccccc1N=C1NN=C(c2cccn2C)CS1. The van der Waals surface area contributed by atoms with Crippen molar-refractivity contribution in [2.24, 2.45) is 17.1 Å². The number of para-hydroxylation sites is 1. The first kappa shape index (κ1) is 13.0. The van der Waals surface area contributed by atoms with Crippen molar-refractivity contribution >= 4 is 28.3 Å². The van der Waals surface area contributed by atoms with Gasteiger partial charge in [-0.15, -0.1) is 0 Å². The first-order chi connectivity index (χ1) is 9.74. The molecule has 3 rings (SSSR count). The number of nitrogens with one attached hydrogen (secondary N) is 1. The van der Waals surface area contributed by atoms with Crippen molar-refractivity contribution in [1.82, 2.24) is 9.99 Å². The maximum absolute atomic E-state index is 4.61. The van der Waals surface area contributed by atoms with E-state index in [2.05, 4.69) is 39.1 Å². The molecular formula is C15H16N4S. The fourth-order valence-electron chi connectivity index (χ4n) is 2.06. The van der Waals surface area contributed by atoms with E-state index in [1.54, 1.807) is 11.8 Å². The van der Waals surface area contributed by atoms with Gasteiger partial charge in [0.05, 0.1) is 17.1 Å². The van der Waals surface area contributed by atoms with Gasteiger partial charge in [-0.1, -0.05) is 30.0 Å². The fraction of sp³-hybridized carbons (Fsp3) is 0.200. The van der Waals surface area contributed by atoms with E-state index in [1.165, 1.54) is 5.56 Å². The number of aliphatic imine (C=N–C) groups is 1. The van der Waals surface area contributed by atoms with Gasteiger partial charge in [-0.05, 0) is 30.7 Å². The average Bonchev–Trinajstić information content (AvgIpc) is 2.89. The number of benzene rings is 1. The molecule has 0 amide bonds. The lowest BCUT2D eigenvalue weighted by atomic mass is 10.2. The molecule has 5 heteroatoms. The van der Waals surface area contributed by atoms with Crippen LogP contribution >= 0.6 is 11.8 Å². The highest BCUT2D eigenvalue weighted by molar-refractivity contribution is 8.14. The van der Waals surface area contributed by atoms with Gasteiger partial charge < -0.3 is 4.57 Å². The molecule has 1 aliphatic rings.